The molecular weight excluding hydrogens is 208 g/mol. The van der Waals surface area contributed by atoms with Gasteiger partial charge in [-0.1, -0.05) is 19.8 Å². The Morgan fingerprint density at radius 1 is 1.56 bits per heavy atom. The first-order chi connectivity index (χ1) is 7.37. The largest absolute Gasteiger partial charge is 0.480 e. The Balaban J connectivity index is 2.80. The molecule has 4 N–H and O–H groups in total. The van der Waals surface area contributed by atoms with Crippen LogP contribution in [-0.4, -0.2) is 28.6 Å². The maximum Gasteiger partial charge on any atom is 0.329 e. The number of amides is 1. The normalized spacial score (nSPS) is 31.8. The predicted octanol–water partition coefficient (Wildman–Crippen LogP) is 0.483. The van der Waals surface area contributed by atoms with Gasteiger partial charge >= 0.3 is 5.97 Å². The molecule has 1 saturated carbocycles. The molecule has 92 valence electrons. The van der Waals surface area contributed by atoms with Gasteiger partial charge in [0.15, 0.2) is 0 Å². The third-order valence-electron chi connectivity index (χ3n) is 3.18. The molecule has 1 aliphatic rings. The first-order valence-electron chi connectivity index (χ1n) is 5.68. The lowest BCUT2D eigenvalue weighted by Gasteiger charge is -2.37. The van der Waals surface area contributed by atoms with Gasteiger partial charge in [0.25, 0.3) is 0 Å². The van der Waals surface area contributed by atoms with Gasteiger partial charge in [0.05, 0.1) is 6.04 Å². The highest BCUT2D eigenvalue weighted by atomic mass is 16.4. The molecule has 1 rings (SSSR count). The molecule has 0 saturated heterocycles. The summed E-state index contributed by atoms with van der Waals surface area (Å²) < 4.78 is 0. The number of rotatable bonds is 3. The average Bonchev–Trinajstić information content (AvgIpc) is 2.17. The van der Waals surface area contributed by atoms with Gasteiger partial charge in [-0.25, -0.2) is 4.79 Å². The van der Waals surface area contributed by atoms with Crippen LogP contribution in [0.3, 0.4) is 0 Å². The second kappa shape index (κ2) is 4.82. The second-order valence-corrected chi connectivity index (χ2v) is 4.87. The fourth-order valence-corrected chi connectivity index (χ4v) is 2.26. The van der Waals surface area contributed by atoms with Gasteiger partial charge in [0.2, 0.25) is 5.91 Å². The van der Waals surface area contributed by atoms with Crippen LogP contribution in [0.4, 0.5) is 0 Å². The molecule has 0 aromatic rings. The molecule has 1 fully saturated rings. The van der Waals surface area contributed by atoms with E-state index in [1.54, 1.807) is 6.92 Å². The van der Waals surface area contributed by atoms with Crippen LogP contribution in [0.1, 0.15) is 39.5 Å². The maximum absolute atomic E-state index is 11.5. The fourth-order valence-electron chi connectivity index (χ4n) is 2.26. The summed E-state index contributed by atoms with van der Waals surface area (Å²) in [6.45, 7) is 3.56. The topological polar surface area (TPSA) is 92.4 Å². The zero-order chi connectivity index (χ0) is 12.3. The van der Waals surface area contributed by atoms with Crippen LogP contribution in [0.5, 0.6) is 0 Å². The highest BCUT2D eigenvalue weighted by Gasteiger charge is 2.43. The van der Waals surface area contributed by atoms with Crippen LogP contribution in [0.2, 0.25) is 0 Å². The molecule has 0 bridgehead atoms. The van der Waals surface area contributed by atoms with Gasteiger partial charge in [0.1, 0.15) is 5.54 Å². The van der Waals surface area contributed by atoms with Gasteiger partial charge in [-0.3, -0.25) is 4.79 Å². The molecule has 0 aromatic carbocycles. The molecule has 2 unspecified atom stereocenters. The van der Waals surface area contributed by atoms with Gasteiger partial charge in [-0.15, -0.1) is 0 Å². The molecule has 5 heteroatoms. The summed E-state index contributed by atoms with van der Waals surface area (Å²) in [6.07, 6.45) is 2.82. The molecule has 0 aliphatic heterocycles. The minimum atomic E-state index is -1.11. The van der Waals surface area contributed by atoms with Crippen LogP contribution in [0.25, 0.3) is 0 Å². The van der Waals surface area contributed by atoms with E-state index in [2.05, 4.69) is 5.32 Å². The Morgan fingerprint density at radius 3 is 2.62 bits per heavy atom. The van der Waals surface area contributed by atoms with E-state index in [9.17, 15) is 14.7 Å². The second-order valence-electron chi connectivity index (χ2n) is 4.87. The van der Waals surface area contributed by atoms with Gasteiger partial charge in [-0.05, 0) is 25.7 Å². The Labute approximate surface area is 95.4 Å². The van der Waals surface area contributed by atoms with E-state index in [1.165, 1.54) is 0 Å². The highest BCUT2D eigenvalue weighted by Crippen LogP contribution is 2.32. The molecule has 3 atom stereocenters. The third-order valence-corrected chi connectivity index (χ3v) is 3.18. The van der Waals surface area contributed by atoms with Crippen molar-refractivity contribution < 1.29 is 14.7 Å². The molecule has 0 spiro atoms. The van der Waals surface area contributed by atoms with E-state index in [4.69, 9.17) is 5.73 Å². The number of nitrogens with two attached hydrogens (primary N) is 1. The summed E-state index contributed by atoms with van der Waals surface area (Å²) in [5.74, 6) is -1.03. The van der Waals surface area contributed by atoms with Gasteiger partial charge in [-0.2, -0.15) is 0 Å². The summed E-state index contributed by atoms with van der Waals surface area (Å²) in [5.41, 5.74) is 4.33. The van der Waals surface area contributed by atoms with E-state index in [0.717, 1.165) is 12.8 Å². The molecule has 1 amide bonds. The van der Waals surface area contributed by atoms with E-state index in [1.807, 2.05) is 6.92 Å². The van der Waals surface area contributed by atoms with Crippen molar-refractivity contribution in [1.82, 2.24) is 5.32 Å². The monoisotopic (exact) mass is 228 g/mol. The Morgan fingerprint density at radius 2 is 2.19 bits per heavy atom. The van der Waals surface area contributed by atoms with Crippen molar-refractivity contribution in [2.45, 2.75) is 51.1 Å². The van der Waals surface area contributed by atoms with Crippen molar-refractivity contribution in [3.63, 3.8) is 0 Å². The average molecular weight is 228 g/mol. The first kappa shape index (κ1) is 13.0. The predicted molar refractivity (Wildman–Crippen MR) is 59.8 cm³/mol. The maximum atomic E-state index is 11.5. The number of carbonyl (C=O) groups excluding carboxylic acids is 1. The molecule has 16 heavy (non-hydrogen) atoms. The summed E-state index contributed by atoms with van der Waals surface area (Å²) in [5, 5.41) is 11.9. The molecule has 0 radical (unpaired) electrons. The smallest absolute Gasteiger partial charge is 0.329 e. The van der Waals surface area contributed by atoms with Crippen LogP contribution in [0.15, 0.2) is 0 Å². The zero-order valence-corrected chi connectivity index (χ0v) is 9.82. The van der Waals surface area contributed by atoms with Crippen molar-refractivity contribution >= 4 is 11.9 Å². The lowest BCUT2D eigenvalue weighted by atomic mass is 9.76. The van der Waals surface area contributed by atoms with Crippen molar-refractivity contribution in [3.05, 3.63) is 0 Å². The van der Waals surface area contributed by atoms with Gasteiger partial charge < -0.3 is 16.2 Å². The Bertz CT molecular complexity index is 289. The number of aliphatic carboxylic acids is 1. The lowest BCUT2D eigenvalue weighted by Crippen LogP contribution is -2.59. The highest BCUT2D eigenvalue weighted by molar-refractivity contribution is 5.89. The molecule has 0 aromatic heterocycles. The minimum absolute atomic E-state index is 0.318. The minimum Gasteiger partial charge on any atom is -0.480 e. The summed E-state index contributed by atoms with van der Waals surface area (Å²) in [4.78, 5) is 22.9. The van der Waals surface area contributed by atoms with E-state index < -0.39 is 23.5 Å². The van der Waals surface area contributed by atoms with Crippen molar-refractivity contribution in [2.24, 2.45) is 11.7 Å². The standard InChI is InChI=1S/C11H20N2O3/c1-7-4-3-5-11(6-7,10(15)16)13-9(14)8(2)12/h7-8H,3-6,12H2,1-2H3,(H,13,14)(H,15,16)/t7?,8-,11?/m1/s1. The van der Waals surface area contributed by atoms with Crippen LogP contribution in [0, 0.1) is 5.92 Å². The summed E-state index contributed by atoms with van der Waals surface area (Å²) in [6, 6.07) is -0.673. The zero-order valence-electron chi connectivity index (χ0n) is 9.82. The fraction of sp³-hybridized carbons (Fsp3) is 0.818. The number of nitrogens with one attached hydrogen (secondary N) is 1. The van der Waals surface area contributed by atoms with Crippen molar-refractivity contribution in [2.75, 3.05) is 0 Å². The Hall–Kier alpha value is -1.10. The van der Waals surface area contributed by atoms with Gasteiger partial charge in [0, 0.05) is 0 Å². The molecule has 5 nitrogen and oxygen atoms in total. The summed E-state index contributed by atoms with van der Waals surface area (Å²) in [7, 11) is 0. The van der Waals surface area contributed by atoms with E-state index >= 15 is 0 Å². The van der Waals surface area contributed by atoms with Crippen LogP contribution in [-0.2, 0) is 9.59 Å². The first-order valence-corrected chi connectivity index (χ1v) is 5.68. The van der Waals surface area contributed by atoms with Crippen LogP contribution < -0.4 is 11.1 Å². The third kappa shape index (κ3) is 2.72. The Kier molecular flexibility index (Phi) is 3.91. The number of hydrogen-bond acceptors (Lipinski definition) is 3. The number of carboxylic acids is 1. The van der Waals surface area contributed by atoms with Crippen LogP contribution >= 0.6 is 0 Å². The molecule has 1 aliphatic carbocycles. The lowest BCUT2D eigenvalue weighted by molar-refractivity contribution is -0.150. The van der Waals surface area contributed by atoms with Crippen molar-refractivity contribution in [1.29, 1.82) is 0 Å². The van der Waals surface area contributed by atoms with E-state index in [-0.39, 0.29) is 0 Å². The number of carbonyl (C=O) groups is 2. The molecular formula is C11H20N2O3. The summed E-state index contributed by atoms with van der Waals surface area (Å²) >= 11 is 0. The number of carboxylic acid groups (broad SMARTS) is 1. The van der Waals surface area contributed by atoms with Crippen molar-refractivity contribution in [3.8, 4) is 0 Å². The quantitative estimate of drug-likeness (QED) is 0.655. The van der Waals surface area contributed by atoms with E-state index in [0.29, 0.717) is 18.8 Å². The SMILES string of the molecule is CC1CCCC(NC(=O)[C@@H](C)N)(C(=O)O)C1. The number of hydrogen-bond donors (Lipinski definition) is 3. The molecule has 0 heterocycles.